The van der Waals surface area contributed by atoms with E-state index in [-0.39, 0.29) is 22.7 Å². The Bertz CT molecular complexity index is 820. The number of amides is 1. The van der Waals surface area contributed by atoms with Crippen LogP contribution >= 0.6 is 0 Å². The third-order valence-corrected chi connectivity index (χ3v) is 6.98. The number of benzene rings is 1. The highest BCUT2D eigenvalue weighted by Crippen LogP contribution is 2.45. The summed E-state index contributed by atoms with van der Waals surface area (Å²) in [5.74, 6) is 0.910. The van der Waals surface area contributed by atoms with Crippen LogP contribution in [0.25, 0.3) is 0 Å². The Morgan fingerprint density at radius 3 is 2.23 bits per heavy atom. The Labute approximate surface area is 180 Å². The van der Waals surface area contributed by atoms with Crippen molar-refractivity contribution < 1.29 is 23.6 Å². The fourth-order valence-electron chi connectivity index (χ4n) is 4.37. The number of ether oxygens (including phenoxy) is 2. The fraction of sp³-hybridized carbons (Fsp3) is 0.696. The number of carbonyl (C=O) groups excluding carboxylic acids is 1. The lowest BCUT2D eigenvalue weighted by Gasteiger charge is -2.38. The van der Waals surface area contributed by atoms with E-state index in [0.29, 0.717) is 19.7 Å². The summed E-state index contributed by atoms with van der Waals surface area (Å²) < 4.78 is 24.0. The SMILES string of the molecule is CC(C)(C)OC(=O)N1CCC2(CC1)COc1cc(B3OC(C)(C)C(C)(C)O3)ccc12. The average molecular weight is 415 g/mol. The van der Waals surface area contributed by atoms with Gasteiger partial charge in [0.25, 0.3) is 0 Å². The molecule has 6 nitrogen and oxygen atoms in total. The minimum Gasteiger partial charge on any atom is -0.492 e. The maximum Gasteiger partial charge on any atom is 0.494 e. The van der Waals surface area contributed by atoms with Gasteiger partial charge in [0.1, 0.15) is 11.4 Å². The lowest BCUT2D eigenvalue weighted by atomic mass is 9.72. The molecule has 7 heteroatoms. The van der Waals surface area contributed by atoms with E-state index in [4.69, 9.17) is 18.8 Å². The van der Waals surface area contributed by atoms with E-state index in [1.54, 1.807) is 0 Å². The first-order chi connectivity index (χ1) is 13.8. The van der Waals surface area contributed by atoms with Gasteiger partial charge in [-0.3, -0.25) is 0 Å². The van der Waals surface area contributed by atoms with Crippen LogP contribution in [0.15, 0.2) is 18.2 Å². The van der Waals surface area contributed by atoms with Crippen molar-refractivity contribution in [2.75, 3.05) is 19.7 Å². The van der Waals surface area contributed by atoms with Crippen LogP contribution in [0.1, 0.15) is 66.9 Å². The van der Waals surface area contributed by atoms with Crippen molar-refractivity contribution in [3.05, 3.63) is 23.8 Å². The molecule has 0 radical (unpaired) electrons. The van der Waals surface area contributed by atoms with Gasteiger partial charge in [0.2, 0.25) is 0 Å². The van der Waals surface area contributed by atoms with Crippen LogP contribution in [0.3, 0.4) is 0 Å². The molecule has 3 aliphatic heterocycles. The molecule has 0 aromatic heterocycles. The molecule has 3 heterocycles. The Hall–Kier alpha value is -1.73. The molecule has 1 aromatic rings. The monoisotopic (exact) mass is 415 g/mol. The highest BCUT2D eigenvalue weighted by Gasteiger charge is 2.52. The number of carbonyl (C=O) groups is 1. The van der Waals surface area contributed by atoms with E-state index in [0.717, 1.165) is 24.1 Å². The quantitative estimate of drug-likeness (QED) is 0.656. The predicted molar refractivity (Wildman–Crippen MR) is 116 cm³/mol. The maximum atomic E-state index is 12.4. The van der Waals surface area contributed by atoms with Crippen LogP contribution < -0.4 is 10.2 Å². The third-order valence-electron chi connectivity index (χ3n) is 6.98. The van der Waals surface area contributed by atoms with Gasteiger partial charge in [-0.05, 0) is 72.8 Å². The molecule has 0 bridgehead atoms. The van der Waals surface area contributed by atoms with E-state index >= 15 is 0 Å². The second-order valence-electron chi connectivity index (χ2n) is 10.9. The molecular formula is C23H34BNO5. The maximum absolute atomic E-state index is 12.4. The van der Waals surface area contributed by atoms with Gasteiger partial charge in [-0.25, -0.2) is 4.79 Å². The van der Waals surface area contributed by atoms with Crippen molar-refractivity contribution >= 4 is 18.7 Å². The number of hydrogen-bond donors (Lipinski definition) is 0. The molecule has 164 valence electrons. The molecule has 0 N–H and O–H groups in total. The Kier molecular flexibility index (Phi) is 4.94. The molecule has 0 saturated carbocycles. The lowest BCUT2D eigenvalue weighted by molar-refractivity contribution is 0.00578. The summed E-state index contributed by atoms with van der Waals surface area (Å²) in [4.78, 5) is 14.2. The number of fused-ring (bicyclic) bond motifs is 2. The molecule has 2 saturated heterocycles. The van der Waals surface area contributed by atoms with Gasteiger partial charge >= 0.3 is 13.2 Å². The van der Waals surface area contributed by atoms with Gasteiger partial charge in [-0.15, -0.1) is 0 Å². The highest BCUT2D eigenvalue weighted by molar-refractivity contribution is 6.62. The van der Waals surface area contributed by atoms with Gasteiger partial charge in [0.05, 0.1) is 17.8 Å². The fourth-order valence-corrected chi connectivity index (χ4v) is 4.37. The number of rotatable bonds is 1. The van der Waals surface area contributed by atoms with E-state index < -0.39 is 12.7 Å². The number of likely N-dealkylation sites (tertiary alicyclic amines) is 1. The van der Waals surface area contributed by atoms with Gasteiger partial charge in [-0.1, -0.05) is 12.1 Å². The van der Waals surface area contributed by atoms with Crippen LogP contribution in [-0.2, 0) is 19.5 Å². The predicted octanol–water partition coefficient (Wildman–Crippen LogP) is 3.65. The van der Waals surface area contributed by atoms with Gasteiger partial charge in [0, 0.05) is 24.1 Å². The third kappa shape index (κ3) is 3.71. The van der Waals surface area contributed by atoms with Crippen LogP contribution in [0, 0.1) is 0 Å². The van der Waals surface area contributed by atoms with E-state index in [1.165, 1.54) is 5.56 Å². The Morgan fingerprint density at radius 2 is 1.67 bits per heavy atom. The normalized spacial score (nSPS) is 24.0. The van der Waals surface area contributed by atoms with Crippen molar-refractivity contribution in [2.24, 2.45) is 0 Å². The van der Waals surface area contributed by atoms with Crippen molar-refractivity contribution in [1.82, 2.24) is 4.90 Å². The summed E-state index contributed by atoms with van der Waals surface area (Å²) in [6.45, 7) is 15.9. The number of hydrogen-bond acceptors (Lipinski definition) is 5. The minimum absolute atomic E-state index is 0.0394. The van der Waals surface area contributed by atoms with Gasteiger partial charge < -0.3 is 23.7 Å². The van der Waals surface area contributed by atoms with Crippen molar-refractivity contribution in [3.8, 4) is 5.75 Å². The van der Waals surface area contributed by atoms with E-state index in [9.17, 15) is 4.79 Å². The van der Waals surface area contributed by atoms with Crippen molar-refractivity contribution in [2.45, 2.75) is 83.5 Å². The molecule has 1 spiro atoms. The first kappa shape index (κ1) is 21.5. The molecule has 1 amide bonds. The molecule has 0 aliphatic carbocycles. The van der Waals surface area contributed by atoms with E-state index in [2.05, 4.69) is 45.9 Å². The molecule has 1 aromatic carbocycles. The summed E-state index contributed by atoms with van der Waals surface area (Å²) >= 11 is 0. The summed E-state index contributed by atoms with van der Waals surface area (Å²) in [7, 11) is -0.394. The summed E-state index contributed by atoms with van der Waals surface area (Å²) in [6, 6.07) is 6.32. The zero-order valence-electron chi connectivity index (χ0n) is 19.3. The largest absolute Gasteiger partial charge is 0.494 e. The van der Waals surface area contributed by atoms with E-state index in [1.807, 2.05) is 25.7 Å². The molecule has 30 heavy (non-hydrogen) atoms. The molecule has 3 aliphatic rings. The molecule has 0 atom stereocenters. The molecular weight excluding hydrogens is 381 g/mol. The zero-order chi connectivity index (χ0) is 21.9. The van der Waals surface area contributed by atoms with Gasteiger partial charge in [-0.2, -0.15) is 0 Å². The standard InChI is InChI=1S/C23H34BNO5/c1-20(2,3)28-19(26)25-12-10-23(11-13-25)15-27-18-14-16(8-9-17(18)23)24-29-21(4,5)22(6,7)30-24/h8-9,14H,10-13,15H2,1-7H3. The van der Waals surface area contributed by atoms with Crippen LogP contribution in [0.4, 0.5) is 4.79 Å². The van der Waals surface area contributed by atoms with Crippen LogP contribution in [-0.4, -0.2) is 54.6 Å². The number of nitrogens with zero attached hydrogens (tertiary/aromatic N) is 1. The average Bonchev–Trinajstić information content (AvgIpc) is 3.08. The first-order valence-corrected chi connectivity index (χ1v) is 10.9. The summed E-state index contributed by atoms with van der Waals surface area (Å²) in [6.07, 6.45) is 1.51. The summed E-state index contributed by atoms with van der Waals surface area (Å²) in [5.41, 5.74) is 0.962. The second kappa shape index (κ2) is 6.89. The lowest BCUT2D eigenvalue weighted by Crippen LogP contribution is -2.47. The minimum atomic E-state index is -0.473. The molecule has 2 fully saturated rings. The Balaban J connectivity index is 1.47. The molecule has 0 unspecified atom stereocenters. The molecule has 4 rings (SSSR count). The van der Waals surface area contributed by atoms with Gasteiger partial charge in [0.15, 0.2) is 0 Å². The van der Waals surface area contributed by atoms with Crippen molar-refractivity contribution in [3.63, 3.8) is 0 Å². The van der Waals surface area contributed by atoms with Crippen LogP contribution in [0.2, 0.25) is 0 Å². The first-order valence-electron chi connectivity index (χ1n) is 10.9. The summed E-state index contributed by atoms with van der Waals surface area (Å²) in [5, 5.41) is 0. The second-order valence-corrected chi connectivity index (χ2v) is 10.9. The zero-order valence-corrected chi connectivity index (χ0v) is 19.3. The number of piperidine rings is 1. The smallest absolute Gasteiger partial charge is 0.492 e. The highest BCUT2D eigenvalue weighted by atomic mass is 16.7. The van der Waals surface area contributed by atoms with Crippen molar-refractivity contribution in [1.29, 1.82) is 0 Å². The Morgan fingerprint density at radius 1 is 1.07 bits per heavy atom. The van der Waals surface area contributed by atoms with Crippen LogP contribution in [0.5, 0.6) is 5.75 Å². The topological polar surface area (TPSA) is 57.2 Å².